The molecule has 1 heterocycles. The molecule has 1 aromatic heterocycles. The summed E-state index contributed by atoms with van der Waals surface area (Å²) in [5.41, 5.74) is 1.47. The molecule has 5 heteroatoms. The third kappa shape index (κ3) is 4.33. The number of rotatable bonds is 6. The zero-order valence-electron chi connectivity index (χ0n) is 11.5. The fourth-order valence-corrected chi connectivity index (χ4v) is 2.31. The van der Waals surface area contributed by atoms with E-state index in [0.29, 0.717) is 18.0 Å². The van der Waals surface area contributed by atoms with Gasteiger partial charge in [0.1, 0.15) is 0 Å². The van der Waals surface area contributed by atoms with Gasteiger partial charge in [0.2, 0.25) is 0 Å². The number of carbonyl (C=O) groups is 1. The van der Waals surface area contributed by atoms with Crippen LogP contribution in [0.1, 0.15) is 43.2 Å². The van der Waals surface area contributed by atoms with Gasteiger partial charge >= 0.3 is 0 Å². The molecule has 0 spiro atoms. The third-order valence-corrected chi connectivity index (χ3v) is 3.03. The minimum Gasteiger partial charge on any atom is -0.350 e. The van der Waals surface area contributed by atoms with Crippen LogP contribution < -0.4 is 5.32 Å². The summed E-state index contributed by atoms with van der Waals surface area (Å²) < 4.78 is 1.67. The summed E-state index contributed by atoms with van der Waals surface area (Å²) in [6.07, 6.45) is 3.40. The highest BCUT2D eigenvalue weighted by Gasteiger charge is 2.15. The van der Waals surface area contributed by atoms with Crippen molar-refractivity contribution in [2.75, 3.05) is 6.54 Å². The van der Waals surface area contributed by atoms with Crippen LogP contribution in [0.3, 0.4) is 0 Å². The molecule has 0 radical (unpaired) electrons. The maximum atomic E-state index is 12.0. The highest BCUT2D eigenvalue weighted by Crippen LogP contribution is 2.11. The predicted octanol–water partition coefficient (Wildman–Crippen LogP) is 2.37. The second-order valence-electron chi connectivity index (χ2n) is 4.95. The number of nitrogens with one attached hydrogen (secondary N) is 1. The van der Waals surface area contributed by atoms with Gasteiger partial charge in [0.25, 0.3) is 5.91 Å². The number of alkyl halides is 1. The van der Waals surface area contributed by atoms with Crippen molar-refractivity contribution in [2.24, 2.45) is 13.0 Å². The quantitative estimate of drug-likeness (QED) is 0.808. The topological polar surface area (TPSA) is 46.9 Å². The lowest BCUT2D eigenvalue weighted by atomic mass is 10.1. The lowest BCUT2D eigenvalue weighted by Crippen LogP contribution is -2.30. The smallest absolute Gasteiger partial charge is 0.254 e. The second kappa shape index (κ2) is 6.78. The van der Waals surface area contributed by atoms with Crippen LogP contribution in [-0.2, 0) is 13.5 Å². The molecule has 0 aliphatic heterocycles. The number of amides is 1. The third-order valence-electron chi connectivity index (χ3n) is 2.70. The minimum absolute atomic E-state index is 0.0179. The minimum atomic E-state index is -0.0886. The van der Waals surface area contributed by atoms with Crippen molar-refractivity contribution in [1.82, 2.24) is 15.1 Å². The Morgan fingerprint density at radius 1 is 1.56 bits per heavy atom. The fourth-order valence-electron chi connectivity index (χ4n) is 1.88. The van der Waals surface area contributed by atoms with Crippen molar-refractivity contribution in [1.29, 1.82) is 0 Å². The number of aryl methyl sites for hydroxylation is 2. The summed E-state index contributed by atoms with van der Waals surface area (Å²) in [7, 11) is 1.82. The first-order chi connectivity index (χ1) is 8.43. The Bertz CT molecular complexity index is 401. The lowest BCUT2D eigenvalue weighted by Gasteiger charge is -2.12. The zero-order chi connectivity index (χ0) is 13.7. The Balaban J connectivity index is 2.54. The number of halogens is 1. The molecule has 0 aliphatic rings. The van der Waals surface area contributed by atoms with Crippen molar-refractivity contribution in [3.8, 4) is 0 Å². The molecule has 1 N–H and O–H groups in total. The first-order valence-electron chi connectivity index (χ1n) is 6.38. The molecule has 0 aromatic carbocycles. The molecular weight excluding hydrogens is 250 g/mol. The number of carbonyl (C=O) groups excluding carboxylic acids is 1. The molecular formula is C13H22ClN3O. The molecule has 4 nitrogen and oxygen atoms in total. The van der Waals surface area contributed by atoms with E-state index in [0.717, 1.165) is 18.5 Å². The van der Waals surface area contributed by atoms with E-state index in [4.69, 9.17) is 11.6 Å². The largest absolute Gasteiger partial charge is 0.350 e. The SMILES string of the molecule is CCc1nn(C)cc1C(=O)NCC(Cl)CC(C)C. The molecule has 1 unspecified atom stereocenters. The van der Waals surface area contributed by atoms with Crippen LogP contribution >= 0.6 is 11.6 Å². The molecule has 1 rings (SSSR count). The number of hydrogen-bond donors (Lipinski definition) is 1. The molecule has 0 aliphatic carbocycles. The van der Waals surface area contributed by atoms with Crippen LogP contribution in [0.15, 0.2) is 6.20 Å². The number of hydrogen-bond acceptors (Lipinski definition) is 2. The van der Waals surface area contributed by atoms with Gasteiger partial charge in [0.05, 0.1) is 16.6 Å². The fraction of sp³-hybridized carbons (Fsp3) is 0.692. The summed E-state index contributed by atoms with van der Waals surface area (Å²) in [6, 6.07) is 0. The van der Waals surface area contributed by atoms with Crippen molar-refractivity contribution < 1.29 is 4.79 Å². The van der Waals surface area contributed by atoms with Crippen LogP contribution in [0.25, 0.3) is 0 Å². The first-order valence-corrected chi connectivity index (χ1v) is 6.82. The lowest BCUT2D eigenvalue weighted by molar-refractivity contribution is 0.0952. The predicted molar refractivity (Wildman–Crippen MR) is 74.0 cm³/mol. The van der Waals surface area contributed by atoms with E-state index >= 15 is 0 Å². The average molecular weight is 272 g/mol. The van der Waals surface area contributed by atoms with Crippen LogP contribution in [0, 0.1) is 5.92 Å². The van der Waals surface area contributed by atoms with Gasteiger partial charge in [-0.1, -0.05) is 20.8 Å². The van der Waals surface area contributed by atoms with Crippen molar-refractivity contribution in [3.63, 3.8) is 0 Å². The summed E-state index contributed by atoms with van der Waals surface area (Å²) in [6.45, 7) is 6.72. The van der Waals surface area contributed by atoms with E-state index in [9.17, 15) is 4.79 Å². The van der Waals surface area contributed by atoms with Crippen molar-refractivity contribution in [3.05, 3.63) is 17.5 Å². The molecule has 1 aromatic rings. The Kier molecular flexibility index (Phi) is 5.66. The van der Waals surface area contributed by atoms with Crippen LogP contribution in [0.4, 0.5) is 0 Å². The van der Waals surface area contributed by atoms with E-state index < -0.39 is 0 Å². The number of aromatic nitrogens is 2. The van der Waals surface area contributed by atoms with Gasteiger partial charge in [0.15, 0.2) is 0 Å². The standard InChI is InChI=1S/C13H22ClN3O/c1-5-12-11(8-17(4)16-12)13(18)15-7-10(14)6-9(2)3/h8-10H,5-7H2,1-4H3,(H,15,18). The highest BCUT2D eigenvalue weighted by atomic mass is 35.5. The molecule has 1 amide bonds. The maximum Gasteiger partial charge on any atom is 0.254 e. The zero-order valence-corrected chi connectivity index (χ0v) is 12.3. The van der Waals surface area contributed by atoms with Gasteiger partial charge in [-0.2, -0.15) is 5.10 Å². The summed E-state index contributed by atoms with van der Waals surface area (Å²) in [5.74, 6) is 0.448. The van der Waals surface area contributed by atoms with Crippen LogP contribution in [0.5, 0.6) is 0 Å². The molecule has 0 fully saturated rings. The van der Waals surface area contributed by atoms with E-state index in [2.05, 4.69) is 24.3 Å². The Morgan fingerprint density at radius 2 is 2.22 bits per heavy atom. The van der Waals surface area contributed by atoms with Crippen molar-refractivity contribution >= 4 is 17.5 Å². The molecule has 18 heavy (non-hydrogen) atoms. The number of nitrogens with zero attached hydrogens (tertiary/aromatic N) is 2. The van der Waals surface area contributed by atoms with Crippen molar-refractivity contribution in [2.45, 2.75) is 39.0 Å². The average Bonchev–Trinajstić information content (AvgIpc) is 2.66. The van der Waals surface area contributed by atoms with E-state index in [1.807, 2.05) is 14.0 Å². The van der Waals surface area contributed by atoms with E-state index in [-0.39, 0.29) is 11.3 Å². The molecule has 0 bridgehead atoms. The second-order valence-corrected chi connectivity index (χ2v) is 5.57. The highest BCUT2D eigenvalue weighted by molar-refractivity contribution is 6.21. The Morgan fingerprint density at radius 3 is 2.78 bits per heavy atom. The van der Waals surface area contributed by atoms with Crippen LogP contribution in [-0.4, -0.2) is 27.6 Å². The summed E-state index contributed by atoms with van der Waals surface area (Å²) in [4.78, 5) is 12.0. The first kappa shape index (κ1) is 15.0. The molecule has 102 valence electrons. The van der Waals surface area contributed by atoms with Crippen LogP contribution in [0.2, 0.25) is 0 Å². The van der Waals surface area contributed by atoms with Gasteiger partial charge in [-0.3, -0.25) is 9.48 Å². The molecule has 1 atom stereocenters. The van der Waals surface area contributed by atoms with Gasteiger partial charge in [0, 0.05) is 19.8 Å². The Labute approximate surface area is 114 Å². The summed E-state index contributed by atoms with van der Waals surface area (Å²) in [5, 5.41) is 7.10. The molecule has 0 saturated carbocycles. The van der Waals surface area contributed by atoms with E-state index in [1.54, 1.807) is 10.9 Å². The normalized spacial score (nSPS) is 12.8. The van der Waals surface area contributed by atoms with E-state index in [1.165, 1.54) is 0 Å². The maximum absolute atomic E-state index is 12.0. The van der Waals surface area contributed by atoms with Gasteiger partial charge in [-0.15, -0.1) is 11.6 Å². The van der Waals surface area contributed by atoms with Gasteiger partial charge < -0.3 is 5.32 Å². The van der Waals surface area contributed by atoms with Gasteiger partial charge in [-0.05, 0) is 18.8 Å². The monoisotopic (exact) mass is 271 g/mol. The summed E-state index contributed by atoms with van der Waals surface area (Å²) >= 11 is 6.15. The molecule has 0 saturated heterocycles. The van der Waals surface area contributed by atoms with Gasteiger partial charge in [-0.25, -0.2) is 0 Å². The Hall–Kier alpha value is -1.03.